The molecule has 2 aromatic carbocycles. The van der Waals surface area contributed by atoms with Gasteiger partial charge in [0.25, 0.3) is 5.91 Å². The van der Waals surface area contributed by atoms with Gasteiger partial charge in [0, 0.05) is 25.2 Å². The van der Waals surface area contributed by atoms with E-state index in [1.807, 2.05) is 36.2 Å². The van der Waals surface area contributed by atoms with E-state index in [0.717, 1.165) is 42.7 Å². The minimum Gasteiger partial charge on any atom is -0.465 e. The molecule has 1 fully saturated rings. The van der Waals surface area contributed by atoms with Crippen molar-refractivity contribution in [3.63, 3.8) is 0 Å². The first-order chi connectivity index (χ1) is 14.8. The molecule has 0 aliphatic carbocycles. The molecule has 164 valence electrons. The van der Waals surface area contributed by atoms with Crippen molar-refractivity contribution < 1.29 is 14.3 Å². The summed E-state index contributed by atoms with van der Waals surface area (Å²) in [5.41, 5.74) is 4.09. The van der Waals surface area contributed by atoms with Crippen LogP contribution in [-0.2, 0) is 11.2 Å². The van der Waals surface area contributed by atoms with Gasteiger partial charge >= 0.3 is 5.97 Å². The molecule has 1 saturated heterocycles. The Morgan fingerprint density at radius 2 is 1.94 bits per heavy atom. The molecule has 0 spiro atoms. The third-order valence-electron chi connectivity index (χ3n) is 6.64. The second-order valence-electron chi connectivity index (χ2n) is 9.26. The van der Waals surface area contributed by atoms with Gasteiger partial charge in [0.15, 0.2) is 0 Å². The molecular formula is C25H31N3O3. The van der Waals surface area contributed by atoms with Crippen molar-refractivity contribution in [3.05, 3.63) is 64.7 Å². The Bertz CT molecular complexity index is 995. The smallest absolute Gasteiger partial charge is 0.339 e. The van der Waals surface area contributed by atoms with E-state index in [9.17, 15) is 9.59 Å². The number of amides is 1. The van der Waals surface area contributed by atoms with Crippen molar-refractivity contribution in [2.75, 3.05) is 32.6 Å². The number of anilines is 1. The summed E-state index contributed by atoms with van der Waals surface area (Å²) in [6, 6.07) is 13.8. The first-order valence-corrected chi connectivity index (χ1v) is 10.9. The van der Waals surface area contributed by atoms with Crippen molar-refractivity contribution >= 4 is 17.6 Å². The van der Waals surface area contributed by atoms with Crippen LogP contribution in [0.1, 0.15) is 58.2 Å². The number of para-hydroxylation sites is 1. The quantitative estimate of drug-likeness (QED) is 0.738. The highest BCUT2D eigenvalue weighted by molar-refractivity contribution is 5.97. The first-order valence-electron chi connectivity index (χ1n) is 10.9. The molecular weight excluding hydrogens is 390 g/mol. The fourth-order valence-electron chi connectivity index (χ4n) is 4.86. The SMILES string of the molecule is COC(=O)c1cccc2c1NC(c1cccc(C(=O)N(C)C3CCNC3)c1)C(C)(C)C2. The molecule has 0 aromatic heterocycles. The van der Waals surface area contributed by atoms with Crippen molar-refractivity contribution in [1.29, 1.82) is 0 Å². The zero-order valence-corrected chi connectivity index (χ0v) is 18.7. The van der Waals surface area contributed by atoms with E-state index in [4.69, 9.17) is 4.74 Å². The molecule has 6 heteroatoms. The number of rotatable bonds is 4. The normalized spacial score (nSPS) is 21.7. The Hall–Kier alpha value is -2.86. The molecule has 2 N–H and O–H groups in total. The summed E-state index contributed by atoms with van der Waals surface area (Å²) in [7, 11) is 3.28. The van der Waals surface area contributed by atoms with Crippen LogP contribution in [0.15, 0.2) is 42.5 Å². The van der Waals surface area contributed by atoms with Crippen LogP contribution in [0.4, 0.5) is 5.69 Å². The van der Waals surface area contributed by atoms with Crippen molar-refractivity contribution in [2.45, 2.75) is 38.8 Å². The Balaban J connectivity index is 1.66. The van der Waals surface area contributed by atoms with Crippen LogP contribution >= 0.6 is 0 Å². The fraction of sp³-hybridized carbons (Fsp3) is 0.440. The molecule has 2 unspecified atom stereocenters. The highest BCUT2D eigenvalue weighted by atomic mass is 16.5. The van der Waals surface area contributed by atoms with Crippen molar-refractivity contribution in [2.24, 2.45) is 5.41 Å². The summed E-state index contributed by atoms with van der Waals surface area (Å²) in [6.45, 7) is 6.21. The molecule has 0 radical (unpaired) electrons. The molecule has 2 heterocycles. The average molecular weight is 422 g/mol. The molecule has 2 aliphatic rings. The highest BCUT2D eigenvalue weighted by Gasteiger charge is 2.38. The van der Waals surface area contributed by atoms with E-state index in [2.05, 4.69) is 36.6 Å². The molecule has 2 aliphatic heterocycles. The van der Waals surface area contributed by atoms with E-state index in [1.165, 1.54) is 7.11 Å². The maximum absolute atomic E-state index is 13.1. The van der Waals surface area contributed by atoms with Crippen LogP contribution in [0.25, 0.3) is 0 Å². The van der Waals surface area contributed by atoms with Gasteiger partial charge in [-0.2, -0.15) is 0 Å². The largest absolute Gasteiger partial charge is 0.465 e. The number of esters is 1. The minimum atomic E-state index is -0.349. The van der Waals surface area contributed by atoms with Gasteiger partial charge in [-0.05, 0) is 54.1 Å². The number of nitrogens with zero attached hydrogens (tertiary/aromatic N) is 1. The van der Waals surface area contributed by atoms with Crippen LogP contribution in [0.5, 0.6) is 0 Å². The van der Waals surface area contributed by atoms with Crippen LogP contribution in [0, 0.1) is 5.41 Å². The number of hydrogen-bond acceptors (Lipinski definition) is 5. The lowest BCUT2D eigenvalue weighted by atomic mass is 9.72. The molecule has 0 bridgehead atoms. The topological polar surface area (TPSA) is 70.7 Å². The predicted molar refractivity (Wildman–Crippen MR) is 121 cm³/mol. The third-order valence-corrected chi connectivity index (χ3v) is 6.64. The van der Waals surface area contributed by atoms with Gasteiger partial charge < -0.3 is 20.3 Å². The standard InChI is InChI=1S/C25H31N3O3/c1-25(2)14-18-9-6-10-20(24(30)31-4)21(18)27-22(25)16-7-5-8-17(13-16)23(29)28(3)19-11-12-26-15-19/h5-10,13,19,22,26-27H,11-12,14-15H2,1-4H3. The monoisotopic (exact) mass is 421 g/mol. The van der Waals surface area contributed by atoms with Gasteiger partial charge in [-0.1, -0.05) is 38.1 Å². The number of likely N-dealkylation sites (N-methyl/N-ethyl adjacent to an activating group) is 1. The molecule has 31 heavy (non-hydrogen) atoms. The van der Waals surface area contributed by atoms with E-state index in [-0.39, 0.29) is 29.4 Å². The lowest BCUT2D eigenvalue weighted by Gasteiger charge is -2.42. The Morgan fingerprint density at radius 1 is 1.16 bits per heavy atom. The Morgan fingerprint density at radius 3 is 2.65 bits per heavy atom. The van der Waals surface area contributed by atoms with Crippen LogP contribution in [0.2, 0.25) is 0 Å². The van der Waals surface area contributed by atoms with Crippen LogP contribution < -0.4 is 10.6 Å². The molecule has 0 saturated carbocycles. The molecule has 6 nitrogen and oxygen atoms in total. The molecule has 2 atom stereocenters. The van der Waals surface area contributed by atoms with Crippen LogP contribution in [-0.4, -0.2) is 50.1 Å². The number of ether oxygens (including phenoxy) is 1. The second-order valence-corrected chi connectivity index (χ2v) is 9.26. The van der Waals surface area contributed by atoms with Gasteiger partial charge in [0.1, 0.15) is 0 Å². The highest BCUT2D eigenvalue weighted by Crippen LogP contribution is 2.46. The number of fused-ring (bicyclic) bond motifs is 1. The molecule has 1 amide bonds. The number of carbonyl (C=O) groups excluding carboxylic acids is 2. The number of hydrogen-bond donors (Lipinski definition) is 2. The van der Waals surface area contributed by atoms with E-state index in [0.29, 0.717) is 11.1 Å². The average Bonchev–Trinajstić information content (AvgIpc) is 3.31. The lowest BCUT2D eigenvalue weighted by molar-refractivity contribution is 0.0600. The van der Waals surface area contributed by atoms with E-state index < -0.39 is 0 Å². The molecule has 4 rings (SSSR count). The zero-order chi connectivity index (χ0) is 22.2. The van der Waals surface area contributed by atoms with Crippen molar-refractivity contribution in [1.82, 2.24) is 10.2 Å². The Labute approximate surface area is 184 Å². The van der Waals surface area contributed by atoms with Crippen LogP contribution in [0.3, 0.4) is 0 Å². The summed E-state index contributed by atoms with van der Waals surface area (Å²) in [6.07, 6.45) is 1.79. The second kappa shape index (κ2) is 8.35. The van der Waals surface area contributed by atoms with E-state index in [1.54, 1.807) is 6.07 Å². The molecule has 2 aromatic rings. The van der Waals surface area contributed by atoms with Gasteiger partial charge in [0.2, 0.25) is 0 Å². The summed E-state index contributed by atoms with van der Waals surface area (Å²) in [5.74, 6) is -0.307. The van der Waals surface area contributed by atoms with Gasteiger partial charge in [-0.15, -0.1) is 0 Å². The number of methoxy groups -OCH3 is 1. The van der Waals surface area contributed by atoms with E-state index >= 15 is 0 Å². The summed E-state index contributed by atoms with van der Waals surface area (Å²) < 4.78 is 4.99. The summed E-state index contributed by atoms with van der Waals surface area (Å²) in [5, 5.41) is 6.92. The minimum absolute atomic E-state index is 0.0415. The summed E-state index contributed by atoms with van der Waals surface area (Å²) in [4.78, 5) is 27.3. The van der Waals surface area contributed by atoms with Gasteiger partial charge in [-0.25, -0.2) is 4.79 Å². The summed E-state index contributed by atoms with van der Waals surface area (Å²) >= 11 is 0. The number of benzene rings is 2. The van der Waals surface area contributed by atoms with Gasteiger partial charge in [-0.3, -0.25) is 4.79 Å². The first kappa shape index (κ1) is 21.4. The fourth-order valence-corrected chi connectivity index (χ4v) is 4.86. The maximum Gasteiger partial charge on any atom is 0.339 e. The number of carbonyl (C=O) groups is 2. The number of nitrogens with one attached hydrogen (secondary N) is 2. The Kier molecular flexibility index (Phi) is 5.75. The zero-order valence-electron chi connectivity index (χ0n) is 18.7. The third kappa shape index (κ3) is 4.04. The predicted octanol–water partition coefficient (Wildman–Crippen LogP) is 3.64. The van der Waals surface area contributed by atoms with Gasteiger partial charge in [0.05, 0.1) is 24.4 Å². The van der Waals surface area contributed by atoms with Crippen molar-refractivity contribution in [3.8, 4) is 0 Å². The lowest BCUT2D eigenvalue weighted by Crippen LogP contribution is -2.38. The maximum atomic E-state index is 13.1.